The number of aromatic nitrogens is 1. The number of carbonyl (C=O) groups excluding carboxylic acids is 1. The zero-order chi connectivity index (χ0) is 9.97. The van der Waals surface area contributed by atoms with Gasteiger partial charge < -0.3 is 10.2 Å². The molecule has 0 saturated carbocycles. The Bertz CT molecular complexity index is 433. The summed E-state index contributed by atoms with van der Waals surface area (Å²) in [4.78, 5) is 15.5. The average Bonchev–Trinajstić information content (AvgIpc) is 2.75. The fourth-order valence-electron chi connectivity index (χ4n) is 1.19. The number of hydrogen-bond acceptors (Lipinski definition) is 4. The van der Waals surface area contributed by atoms with Gasteiger partial charge in [-0.05, 0) is 17.0 Å². The summed E-state index contributed by atoms with van der Waals surface area (Å²) in [6.07, 6.45) is 3.59. The van der Waals surface area contributed by atoms with E-state index in [4.69, 9.17) is 10.2 Å². The van der Waals surface area contributed by atoms with Gasteiger partial charge in [0.15, 0.2) is 5.89 Å². The lowest BCUT2D eigenvalue weighted by Gasteiger charge is -1.96. The van der Waals surface area contributed by atoms with Crippen molar-refractivity contribution in [3.8, 4) is 0 Å². The fourth-order valence-corrected chi connectivity index (χ4v) is 1.97. The van der Waals surface area contributed by atoms with E-state index in [2.05, 4.69) is 4.98 Å². The van der Waals surface area contributed by atoms with E-state index >= 15 is 0 Å². The molecule has 0 fully saturated rings. The smallest absolute Gasteiger partial charge is 0.259 e. The van der Waals surface area contributed by atoms with Crippen molar-refractivity contribution in [2.45, 2.75) is 6.42 Å². The van der Waals surface area contributed by atoms with E-state index < -0.39 is 5.91 Å². The predicted molar refractivity (Wildman–Crippen MR) is 52.1 cm³/mol. The van der Waals surface area contributed by atoms with Crippen LogP contribution in [0.3, 0.4) is 0 Å². The summed E-state index contributed by atoms with van der Waals surface area (Å²) in [5.41, 5.74) is 6.07. The van der Waals surface area contributed by atoms with Crippen molar-refractivity contribution in [2.75, 3.05) is 0 Å². The highest BCUT2D eigenvalue weighted by Gasteiger charge is 2.11. The molecule has 2 aromatic heterocycles. The number of rotatable bonds is 3. The van der Waals surface area contributed by atoms with Gasteiger partial charge >= 0.3 is 0 Å². The van der Waals surface area contributed by atoms with Crippen LogP contribution in [-0.4, -0.2) is 10.9 Å². The normalized spacial score (nSPS) is 10.3. The standard InChI is InChI=1S/C9H8N2O2S/c10-9(12)8-6(1-4-14-8)5-7-11-2-3-13-7/h1-4H,5H2,(H2,10,12). The number of nitrogens with two attached hydrogens (primary N) is 1. The lowest BCUT2D eigenvalue weighted by atomic mass is 10.2. The molecule has 72 valence electrons. The highest BCUT2D eigenvalue weighted by molar-refractivity contribution is 7.12. The van der Waals surface area contributed by atoms with Gasteiger partial charge in [-0.2, -0.15) is 0 Å². The maximum Gasteiger partial charge on any atom is 0.259 e. The van der Waals surface area contributed by atoms with Crippen LogP contribution in [0.1, 0.15) is 21.1 Å². The van der Waals surface area contributed by atoms with Gasteiger partial charge in [0.25, 0.3) is 5.91 Å². The lowest BCUT2D eigenvalue weighted by molar-refractivity contribution is 0.100. The van der Waals surface area contributed by atoms with Crippen LogP contribution in [-0.2, 0) is 6.42 Å². The third-order valence-corrected chi connectivity index (χ3v) is 2.77. The van der Waals surface area contributed by atoms with Gasteiger partial charge in [-0.3, -0.25) is 4.79 Å². The first-order valence-electron chi connectivity index (χ1n) is 4.02. The molecular formula is C9H8N2O2S. The number of thiophene rings is 1. The molecule has 1 amide bonds. The number of carbonyl (C=O) groups is 1. The van der Waals surface area contributed by atoms with E-state index in [-0.39, 0.29) is 0 Å². The van der Waals surface area contributed by atoms with Gasteiger partial charge in [-0.25, -0.2) is 4.98 Å². The summed E-state index contributed by atoms with van der Waals surface area (Å²) in [7, 11) is 0. The van der Waals surface area contributed by atoms with Crippen molar-refractivity contribution >= 4 is 17.2 Å². The Balaban J connectivity index is 2.25. The Hall–Kier alpha value is -1.62. The predicted octanol–water partition coefficient (Wildman–Crippen LogP) is 1.43. The number of nitrogens with zero attached hydrogens (tertiary/aromatic N) is 1. The Morgan fingerprint density at radius 2 is 2.50 bits per heavy atom. The maximum atomic E-state index is 11.0. The topological polar surface area (TPSA) is 69.1 Å². The van der Waals surface area contributed by atoms with Crippen LogP contribution in [0.15, 0.2) is 28.3 Å². The summed E-state index contributed by atoms with van der Waals surface area (Å²) in [6, 6.07) is 1.86. The van der Waals surface area contributed by atoms with Gasteiger partial charge in [-0.1, -0.05) is 0 Å². The Kier molecular flexibility index (Phi) is 2.32. The number of oxazole rings is 1. The molecule has 0 aliphatic carbocycles. The van der Waals surface area contributed by atoms with Gasteiger partial charge in [0.2, 0.25) is 0 Å². The van der Waals surface area contributed by atoms with E-state index in [0.29, 0.717) is 17.2 Å². The van der Waals surface area contributed by atoms with Crippen LogP contribution in [0.5, 0.6) is 0 Å². The van der Waals surface area contributed by atoms with E-state index in [9.17, 15) is 4.79 Å². The van der Waals surface area contributed by atoms with Crippen LogP contribution in [0, 0.1) is 0 Å². The summed E-state index contributed by atoms with van der Waals surface area (Å²) < 4.78 is 5.08. The average molecular weight is 208 g/mol. The third kappa shape index (κ3) is 1.67. The summed E-state index contributed by atoms with van der Waals surface area (Å²) in [5.74, 6) is 0.187. The van der Waals surface area contributed by atoms with Crippen molar-refractivity contribution in [1.82, 2.24) is 4.98 Å². The molecule has 4 nitrogen and oxygen atoms in total. The van der Waals surface area contributed by atoms with E-state index in [1.165, 1.54) is 17.6 Å². The van der Waals surface area contributed by atoms with Crippen molar-refractivity contribution in [3.63, 3.8) is 0 Å². The minimum absolute atomic E-state index is 0.401. The first-order chi connectivity index (χ1) is 6.77. The van der Waals surface area contributed by atoms with Gasteiger partial charge in [-0.15, -0.1) is 11.3 Å². The van der Waals surface area contributed by atoms with Gasteiger partial charge in [0.05, 0.1) is 17.5 Å². The molecule has 2 aromatic rings. The molecule has 0 atom stereocenters. The third-order valence-electron chi connectivity index (χ3n) is 1.80. The Morgan fingerprint density at radius 3 is 3.14 bits per heavy atom. The van der Waals surface area contributed by atoms with Crippen LogP contribution < -0.4 is 5.73 Å². The highest BCUT2D eigenvalue weighted by atomic mass is 32.1. The second kappa shape index (κ2) is 3.63. The second-order valence-electron chi connectivity index (χ2n) is 2.74. The van der Waals surface area contributed by atoms with E-state index in [0.717, 1.165) is 5.56 Å². The Morgan fingerprint density at radius 1 is 1.64 bits per heavy atom. The largest absolute Gasteiger partial charge is 0.449 e. The zero-order valence-corrected chi connectivity index (χ0v) is 8.08. The van der Waals surface area contributed by atoms with Crippen LogP contribution in [0.2, 0.25) is 0 Å². The SMILES string of the molecule is NC(=O)c1sccc1Cc1ncco1. The maximum absolute atomic E-state index is 11.0. The quantitative estimate of drug-likeness (QED) is 0.829. The van der Waals surface area contributed by atoms with Crippen molar-refractivity contribution < 1.29 is 9.21 Å². The van der Waals surface area contributed by atoms with Crippen molar-refractivity contribution in [3.05, 3.63) is 40.2 Å². The molecule has 0 spiro atoms. The molecule has 14 heavy (non-hydrogen) atoms. The number of primary amides is 1. The van der Waals surface area contributed by atoms with Gasteiger partial charge in [0, 0.05) is 0 Å². The first-order valence-corrected chi connectivity index (χ1v) is 4.90. The summed E-state index contributed by atoms with van der Waals surface area (Å²) in [5, 5.41) is 1.83. The number of amides is 1. The summed E-state index contributed by atoms with van der Waals surface area (Å²) in [6.45, 7) is 0. The molecule has 0 aliphatic heterocycles. The molecule has 0 aliphatic rings. The van der Waals surface area contributed by atoms with Crippen LogP contribution in [0.25, 0.3) is 0 Å². The highest BCUT2D eigenvalue weighted by Crippen LogP contribution is 2.18. The van der Waals surface area contributed by atoms with E-state index in [1.54, 1.807) is 6.20 Å². The van der Waals surface area contributed by atoms with Crippen molar-refractivity contribution in [2.24, 2.45) is 5.73 Å². The molecule has 0 aromatic carbocycles. The summed E-state index contributed by atoms with van der Waals surface area (Å²) >= 11 is 1.34. The van der Waals surface area contributed by atoms with Crippen LogP contribution in [0.4, 0.5) is 0 Å². The fraction of sp³-hybridized carbons (Fsp3) is 0.111. The Labute approximate surface area is 84.4 Å². The first kappa shape index (κ1) is 8.96. The van der Waals surface area contributed by atoms with Gasteiger partial charge in [0.1, 0.15) is 6.26 Å². The molecular weight excluding hydrogens is 200 g/mol. The monoisotopic (exact) mass is 208 g/mol. The van der Waals surface area contributed by atoms with E-state index in [1.807, 2.05) is 11.4 Å². The number of hydrogen-bond donors (Lipinski definition) is 1. The van der Waals surface area contributed by atoms with Crippen LogP contribution >= 0.6 is 11.3 Å². The zero-order valence-electron chi connectivity index (χ0n) is 7.27. The molecule has 0 radical (unpaired) electrons. The molecule has 0 unspecified atom stereocenters. The minimum atomic E-state index is -0.401. The lowest BCUT2D eigenvalue weighted by Crippen LogP contribution is -2.11. The molecule has 5 heteroatoms. The molecule has 0 saturated heterocycles. The molecule has 0 bridgehead atoms. The van der Waals surface area contributed by atoms with Crippen molar-refractivity contribution in [1.29, 1.82) is 0 Å². The minimum Gasteiger partial charge on any atom is -0.449 e. The molecule has 2 N–H and O–H groups in total. The molecule has 2 heterocycles. The second-order valence-corrected chi connectivity index (χ2v) is 3.66. The molecule has 2 rings (SSSR count).